The molecular weight excluding hydrogens is 222 g/mol. The summed E-state index contributed by atoms with van der Waals surface area (Å²) in [5.41, 5.74) is 8.68. The first-order chi connectivity index (χ1) is 8.61. The van der Waals surface area contributed by atoms with Crippen LogP contribution in [0, 0.1) is 5.92 Å². The molecule has 0 amide bonds. The molecule has 18 heavy (non-hydrogen) atoms. The van der Waals surface area contributed by atoms with Gasteiger partial charge in [0.2, 0.25) is 0 Å². The second-order valence-corrected chi connectivity index (χ2v) is 5.36. The smallest absolute Gasteiger partial charge is 0.191 e. The fourth-order valence-corrected chi connectivity index (χ4v) is 2.40. The van der Waals surface area contributed by atoms with E-state index >= 15 is 0 Å². The maximum Gasteiger partial charge on any atom is 0.191 e. The topological polar surface area (TPSA) is 41.6 Å². The van der Waals surface area contributed by atoms with E-state index in [2.05, 4.69) is 54.9 Å². The zero-order chi connectivity index (χ0) is 13.1. The average molecular weight is 245 g/mol. The van der Waals surface area contributed by atoms with Crippen LogP contribution in [-0.4, -0.2) is 23.9 Å². The zero-order valence-electron chi connectivity index (χ0n) is 11.6. The third-order valence-corrected chi connectivity index (χ3v) is 3.43. The Bertz CT molecular complexity index is 420. The number of benzene rings is 1. The van der Waals surface area contributed by atoms with Gasteiger partial charge in [0.25, 0.3) is 0 Å². The van der Waals surface area contributed by atoms with Gasteiger partial charge in [0, 0.05) is 6.54 Å². The largest absolute Gasteiger partial charge is 0.370 e. The minimum absolute atomic E-state index is 0.318. The number of nitrogens with zero attached hydrogens (tertiary/aromatic N) is 2. The molecule has 1 heterocycles. The van der Waals surface area contributed by atoms with Crippen LogP contribution in [0.3, 0.4) is 0 Å². The monoisotopic (exact) mass is 245 g/mol. The van der Waals surface area contributed by atoms with Crippen molar-refractivity contribution in [3.63, 3.8) is 0 Å². The molecule has 0 bridgehead atoms. The van der Waals surface area contributed by atoms with Crippen molar-refractivity contribution in [3.8, 4) is 0 Å². The summed E-state index contributed by atoms with van der Waals surface area (Å²) in [6.45, 7) is 8.35. The summed E-state index contributed by atoms with van der Waals surface area (Å²) in [4.78, 5) is 6.62. The van der Waals surface area contributed by atoms with Crippen LogP contribution < -0.4 is 5.73 Å². The fraction of sp³-hybridized carbons (Fsp3) is 0.533. The third kappa shape index (κ3) is 2.66. The molecular formula is C15H23N3. The summed E-state index contributed by atoms with van der Waals surface area (Å²) >= 11 is 0. The number of hydrogen-bond donors (Lipinski definition) is 1. The molecule has 1 unspecified atom stereocenters. The van der Waals surface area contributed by atoms with Gasteiger partial charge in [-0.15, -0.1) is 0 Å². The lowest BCUT2D eigenvalue weighted by Crippen LogP contribution is -2.38. The molecule has 1 atom stereocenters. The highest BCUT2D eigenvalue weighted by molar-refractivity contribution is 5.80. The van der Waals surface area contributed by atoms with Crippen molar-refractivity contribution in [1.29, 1.82) is 0 Å². The quantitative estimate of drug-likeness (QED) is 0.886. The maximum absolute atomic E-state index is 5.99. The molecule has 2 N–H and O–H groups in total. The van der Waals surface area contributed by atoms with E-state index in [0.29, 0.717) is 17.9 Å². The highest BCUT2D eigenvalue weighted by Crippen LogP contribution is 2.26. The van der Waals surface area contributed by atoms with Crippen LogP contribution in [0.5, 0.6) is 0 Å². The van der Waals surface area contributed by atoms with Crippen LogP contribution in [-0.2, 0) is 6.42 Å². The van der Waals surface area contributed by atoms with E-state index in [1.165, 1.54) is 11.1 Å². The molecule has 0 fully saturated rings. The van der Waals surface area contributed by atoms with Crippen LogP contribution in [0.2, 0.25) is 0 Å². The Morgan fingerprint density at radius 2 is 2.00 bits per heavy atom. The second-order valence-electron chi connectivity index (χ2n) is 5.36. The van der Waals surface area contributed by atoms with Gasteiger partial charge in [0.1, 0.15) is 0 Å². The van der Waals surface area contributed by atoms with Gasteiger partial charge in [-0.05, 0) is 23.5 Å². The second kappa shape index (κ2) is 5.42. The molecule has 0 aliphatic carbocycles. The predicted octanol–water partition coefficient (Wildman–Crippen LogP) is 2.58. The maximum atomic E-state index is 5.99. The van der Waals surface area contributed by atoms with Gasteiger partial charge in [-0.1, -0.05) is 45.0 Å². The molecule has 2 rings (SSSR count). The van der Waals surface area contributed by atoms with E-state index in [0.717, 1.165) is 19.5 Å². The molecule has 1 aromatic carbocycles. The van der Waals surface area contributed by atoms with Crippen molar-refractivity contribution in [3.05, 3.63) is 35.4 Å². The van der Waals surface area contributed by atoms with E-state index in [-0.39, 0.29) is 0 Å². The van der Waals surface area contributed by atoms with E-state index in [1.807, 2.05) is 0 Å². The zero-order valence-corrected chi connectivity index (χ0v) is 11.6. The van der Waals surface area contributed by atoms with Crippen molar-refractivity contribution in [2.75, 3.05) is 13.1 Å². The summed E-state index contributed by atoms with van der Waals surface area (Å²) in [6, 6.07) is 9.16. The average Bonchev–Trinajstić information content (AvgIpc) is 2.71. The molecule has 1 aliphatic heterocycles. The van der Waals surface area contributed by atoms with Crippen LogP contribution in [0.15, 0.2) is 29.3 Å². The molecule has 3 nitrogen and oxygen atoms in total. The lowest BCUT2D eigenvalue weighted by atomic mass is 10.0. The van der Waals surface area contributed by atoms with Crippen molar-refractivity contribution in [2.45, 2.75) is 33.2 Å². The molecule has 98 valence electrons. The standard InChI is InChI=1S/C15H23N3/c1-4-12-5-7-13(8-6-12)14-9-17-15(16)18(14)10-11(2)3/h5-8,11,14H,4,9-10H2,1-3H3,(H2,16,17). The molecule has 0 aromatic heterocycles. The summed E-state index contributed by atoms with van der Waals surface area (Å²) in [5.74, 6) is 1.28. The predicted molar refractivity (Wildman–Crippen MR) is 76.6 cm³/mol. The molecule has 0 radical (unpaired) electrons. The number of rotatable bonds is 4. The van der Waals surface area contributed by atoms with Crippen LogP contribution in [0.25, 0.3) is 0 Å². The third-order valence-electron chi connectivity index (χ3n) is 3.43. The van der Waals surface area contributed by atoms with E-state index in [4.69, 9.17) is 5.73 Å². The van der Waals surface area contributed by atoms with Crippen LogP contribution in [0.4, 0.5) is 0 Å². The first-order valence-corrected chi connectivity index (χ1v) is 6.77. The summed E-state index contributed by atoms with van der Waals surface area (Å²) in [7, 11) is 0. The normalized spacial score (nSPS) is 19.4. The van der Waals surface area contributed by atoms with E-state index in [9.17, 15) is 0 Å². The summed E-state index contributed by atoms with van der Waals surface area (Å²) in [6.07, 6.45) is 1.08. The number of aryl methyl sites for hydroxylation is 1. The Labute approximate surface area is 110 Å². The van der Waals surface area contributed by atoms with Gasteiger partial charge in [-0.3, -0.25) is 4.99 Å². The summed E-state index contributed by atoms with van der Waals surface area (Å²) in [5, 5.41) is 0. The number of aliphatic imine (C=N–C) groups is 1. The van der Waals surface area contributed by atoms with Crippen LogP contribution in [0.1, 0.15) is 37.9 Å². The fourth-order valence-electron chi connectivity index (χ4n) is 2.40. The first-order valence-electron chi connectivity index (χ1n) is 6.77. The Morgan fingerprint density at radius 1 is 1.33 bits per heavy atom. The lowest BCUT2D eigenvalue weighted by molar-refractivity contribution is 0.309. The lowest BCUT2D eigenvalue weighted by Gasteiger charge is -2.28. The molecule has 1 aliphatic rings. The highest BCUT2D eigenvalue weighted by atomic mass is 15.3. The van der Waals surface area contributed by atoms with Gasteiger partial charge >= 0.3 is 0 Å². The number of hydrogen-bond acceptors (Lipinski definition) is 3. The Hall–Kier alpha value is -1.51. The van der Waals surface area contributed by atoms with Gasteiger partial charge < -0.3 is 10.6 Å². The molecule has 0 saturated heterocycles. The van der Waals surface area contributed by atoms with Gasteiger partial charge in [0.15, 0.2) is 5.96 Å². The minimum atomic E-state index is 0.318. The SMILES string of the molecule is CCc1ccc(C2CN=C(N)N2CC(C)C)cc1. The van der Waals surface area contributed by atoms with Crippen molar-refractivity contribution in [2.24, 2.45) is 16.6 Å². The Morgan fingerprint density at radius 3 is 2.56 bits per heavy atom. The van der Waals surface area contributed by atoms with Gasteiger partial charge in [-0.25, -0.2) is 0 Å². The van der Waals surface area contributed by atoms with Crippen LogP contribution >= 0.6 is 0 Å². The minimum Gasteiger partial charge on any atom is -0.370 e. The van der Waals surface area contributed by atoms with Crippen molar-refractivity contribution in [1.82, 2.24) is 4.90 Å². The Kier molecular flexibility index (Phi) is 3.90. The Balaban J connectivity index is 2.16. The molecule has 1 aromatic rings. The molecule has 0 spiro atoms. The van der Waals surface area contributed by atoms with Gasteiger partial charge in [-0.2, -0.15) is 0 Å². The first kappa shape index (κ1) is 12.9. The summed E-state index contributed by atoms with van der Waals surface area (Å²) < 4.78 is 0. The van der Waals surface area contributed by atoms with Gasteiger partial charge in [0.05, 0.1) is 12.6 Å². The van der Waals surface area contributed by atoms with Crippen molar-refractivity contribution >= 4 is 5.96 Å². The molecule has 0 saturated carbocycles. The van der Waals surface area contributed by atoms with Crippen molar-refractivity contribution < 1.29 is 0 Å². The molecule has 3 heteroatoms. The number of guanidine groups is 1. The van der Waals surface area contributed by atoms with E-state index in [1.54, 1.807) is 0 Å². The number of nitrogens with two attached hydrogens (primary N) is 1. The highest BCUT2D eigenvalue weighted by Gasteiger charge is 2.27. The van der Waals surface area contributed by atoms with E-state index < -0.39 is 0 Å².